The maximum Gasteiger partial charge on any atom is 0.239 e. The van der Waals surface area contributed by atoms with Crippen molar-refractivity contribution in [1.29, 1.82) is 0 Å². The Balaban J connectivity index is 1.47. The van der Waals surface area contributed by atoms with Gasteiger partial charge in [0.15, 0.2) is 5.76 Å². The summed E-state index contributed by atoms with van der Waals surface area (Å²) in [5, 5.41) is 4.29. The van der Waals surface area contributed by atoms with Crippen molar-refractivity contribution in [1.82, 2.24) is 5.16 Å². The second-order valence-electron chi connectivity index (χ2n) is 7.72. The van der Waals surface area contributed by atoms with Gasteiger partial charge in [0, 0.05) is 23.9 Å². The molecule has 1 fully saturated rings. The molecule has 2 heterocycles. The zero-order valence-corrected chi connectivity index (χ0v) is 15.4. The van der Waals surface area contributed by atoms with E-state index in [4.69, 9.17) is 4.52 Å². The van der Waals surface area contributed by atoms with Crippen LogP contribution in [-0.4, -0.2) is 17.6 Å². The van der Waals surface area contributed by atoms with E-state index < -0.39 is 5.41 Å². The number of carbonyl (C=O) groups excluding carboxylic acids is 1. The first kappa shape index (κ1) is 16.3. The van der Waals surface area contributed by atoms with E-state index in [-0.39, 0.29) is 5.91 Å². The third-order valence-electron chi connectivity index (χ3n) is 5.82. The lowest BCUT2D eigenvalue weighted by Gasteiger charge is -2.32. The highest BCUT2D eigenvalue weighted by Crippen LogP contribution is 2.51. The van der Waals surface area contributed by atoms with Crippen molar-refractivity contribution >= 4 is 11.6 Å². The number of hydrogen-bond donors (Lipinski definition) is 0. The molecular weight excluding hydrogens is 336 g/mol. The third-order valence-corrected chi connectivity index (χ3v) is 5.82. The highest BCUT2D eigenvalue weighted by atomic mass is 16.5. The number of amides is 1. The minimum Gasteiger partial charge on any atom is -0.356 e. The number of aromatic nitrogens is 1. The van der Waals surface area contributed by atoms with Gasteiger partial charge < -0.3 is 9.42 Å². The molecule has 1 aliphatic heterocycles. The minimum absolute atomic E-state index is 0.167. The van der Waals surface area contributed by atoms with Gasteiger partial charge in [-0.1, -0.05) is 53.2 Å². The van der Waals surface area contributed by atoms with E-state index in [1.54, 1.807) is 0 Å². The lowest BCUT2D eigenvalue weighted by Crippen LogP contribution is -2.42. The molecule has 27 heavy (non-hydrogen) atoms. The number of aryl methyl sites for hydroxylation is 2. The van der Waals surface area contributed by atoms with E-state index in [1.807, 2.05) is 41.3 Å². The fourth-order valence-electron chi connectivity index (χ4n) is 4.14. The van der Waals surface area contributed by atoms with Crippen LogP contribution in [0.2, 0.25) is 0 Å². The Kier molecular flexibility index (Phi) is 3.67. The van der Waals surface area contributed by atoms with Crippen molar-refractivity contribution in [2.75, 3.05) is 11.4 Å². The van der Waals surface area contributed by atoms with E-state index in [2.05, 4.69) is 30.3 Å². The van der Waals surface area contributed by atoms with Crippen LogP contribution in [-0.2, 0) is 16.6 Å². The molecule has 1 saturated carbocycles. The number of fused-ring (bicyclic) bond motifs is 1. The molecule has 0 saturated heterocycles. The molecule has 0 spiro atoms. The van der Waals surface area contributed by atoms with Crippen LogP contribution in [0.1, 0.15) is 36.1 Å². The number of rotatable bonds is 3. The molecule has 2 aliphatic rings. The normalized spacial score (nSPS) is 17.4. The maximum atomic E-state index is 13.5. The molecule has 0 radical (unpaired) electrons. The second kappa shape index (κ2) is 6.08. The number of hydrogen-bond acceptors (Lipinski definition) is 3. The number of anilines is 1. The van der Waals surface area contributed by atoms with Crippen molar-refractivity contribution in [3.05, 3.63) is 71.4 Å². The van der Waals surface area contributed by atoms with E-state index in [0.717, 1.165) is 54.9 Å². The van der Waals surface area contributed by atoms with Crippen LogP contribution in [0.3, 0.4) is 0 Å². The topological polar surface area (TPSA) is 46.3 Å². The van der Waals surface area contributed by atoms with Gasteiger partial charge in [0.25, 0.3) is 0 Å². The standard InChI is InChI=1S/C23H22N2O2/c1-16-9-10-19-18(14-16)8-5-13-25(19)22(26)23(11-12-23)21-15-20(27-24-21)17-6-3-2-4-7-17/h2-4,6-7,9-10,14-15H,5,8,11-13H2,1H3. The molecule has 4 heteroatoms. The lowest BCUT2D eigenvalue weighted by molar-refractivity contribution is -0.121. The van der Waals surface area contributed by atoms with Crippen molar-refractivity contribution in [3.63, 3.8) is 0 Å². The van der Waals surface area contributed by atoms with Gasteiger partial charge in [0.1, 0.15) is 0 Å². The lowest BCUT2D eigenvalue weighted by atomic mass is 9.95. The minimum atomic E-state index is -0.518. The summed E-state index contributed by atoms with van der Waals surface area (Å²) in [7, 11) is 0. The Morgan fingerprint density at radius 3 is 2.70 bits per heavy atom. The zero-order valence-electron chi connectivity index (χ0n) is 15.4. The number of benzene rings is 2. The van der Waals surface area contributed by atoms with Gasteiger partial charge in [-0.3, -0.25) is 4.79 Å². The summed E-state index contributed by atoms with van der Waals surface area (Å²) in [4.78, 5) is 15.5. The monoisotopic (exact) mass is 358 g/mol. The van der Waals surface area contributed by atoms with Gasteiger partial charge in [-0.15, -0.1) is 0 Å². The number of nitrogens with zero attached hydrogens (tertiary/aromatic N) is 2. The Labute approximate surface area is 158 Å². The van der Waals surface area contributed by atoms with E-state index in [9.17, 15) is 4.79 Å². The van der Waals surface area contributed by atoms with Gasteiger partial charge in [-0.2, -0.15) is 0 Å². The van der Waals surface area contributed by atoms with E-state index in [0.29, 0.717) is 0 Å². The summed E-state index contributed by atoms with van der Waals surface area (Å²) >= 11 is 0. The van der Waals surface area contributed by atoms with Crippen LogP contribution in [0.25, 0.3) is 11.3 Å². The molecule has 3 aromatic rings. The SMILES string of the molecule is Cc1ccc2c(c1)CCCN2C(=O)C1(c2cc(-c3ccccc3)on2)CC1. The van der Waals surface area contributed by atoms with Crippen molar-refractivity contribution in [2.24, 2.45) is 0 Å². The first-order valence-electron chi connectivity index (χ1n) is 9.61. The van der Waals surface area contributed by atoms with Crippen LogP contribution in [0.5, 0.6) is 0 Å². The molecule has 1 aromatic heterocycles. The maximum absolute atomic E-state index is 13.5. The van der Waals surface area contributed by atoms with Crippen LogP contribution >= 0.6 is 0 Å². The Hall–Kier alpha value is -2.88. The summed E-state index contributed by atoms with van der Waals surface area (Å²) in [6.45, 7) is 2.88. The predicted octanol–water partition coefficient (Wildman–Crippen LogP) is 4.66. The summed E-state index contributed by atoms with van der Waals surface area (Å²) in [6, 6.07) is 18.2. The van der Waals surface area contributed by atoms with E-state index >= 15 is 0 Å². The molecule has 0 unspecified atom stereocenters. The Bertz CT molecular complexity index is 1000. The van der Waals surface area contributed by atoms with Crippen molar-refractivity contribution < 1.29 is 9.32 Å². The average Bonchev–Trinajstić information content (AvgIpc) is 3.36. The Morgan fingerprint density at radius 2 is 1.93 bits per heavy atom. The summed E-state index contributed by atoms with van der Waals surface area (Å²) in [5.41, 5.74) is 4.82. The quantitative estimate of drug-likeness (QED) is 0.684. The largest absolute Gasteiger partial charge is 0.356 e. The zero-order chi connectivity index (χ0) is 18.4. The van der Waals surface area contributed by atoms with Crippen LogP contribution in [0.15, 0.2) is 59.1 Å². The van der Waals surface area contributed by atoms with Crippen molar-refractivity contribution in [2.45, 2.75) is 38.0 Å². The molecule has 5 rings (SSSR count). The van der Waals surface area contributed by atoms with Crippen LogP contribution in [0.4, 0.5) is 5.69 Å². The molecule has 136 valence electrons. The van der Waals surface area contributed by atoms with Gasteiger partial charge in [0.2, 0.25) is 5.91 Å². The number of carbonyl (C=O) groups is 1. The molecule has 1 aliphatic carbocycles. The first-order chi connectivity index (χ1) is 13.2. The average molecular weight is 358 g/mol. The van der Waals surface area contributed by atoms with Gasteiger partial charge >= 0.3 is 0 Å². The second-order valence-corrected chi connectivity index (χ2v) is 7.72. The molecule has 0 N–H and O–H groups in total. The predicted molar refractivity (Wildman–Crippen MR) is 105 cm³/mol. The highest BCUT2D eigenvalue weighted by Gasteiger charge is 2.56. The molecule has 0 atom stereocenters. The van der Waals surface area contributed by atoms with Crippen molar-refractivity contribution in [3.8, 4) is 11.3 Å². The summed E-state index contributed by atoms with van der Waals surface area (Å²) in [5.74, 6) is 0.888. The summed E-state index contributed by atoms with van der Waals surface area (Å²) in [6.07, 6.45) is 3.72. The highest BCUT2D eigenvalue weighted by molar-refractivity contribution is 6.03. The Morgan fingerprint density at radius 1 is 1.11 bits per heavy atom. The fraction of sp³-hybridized carbons (Fsp3) is 0.304. The molecular formula is C23H22N2O2. The fourth-order valence-corrected chi connectivity index (χ4v) is 4.14. The molecule has 4 nitrogen and oxygen atoms in total. The smallest absolute Gasteiger partial charge is 0.239 e. The van der Waals surface area contributed by atoms with E-state index in [1.165, 1.54) is 11.1 Å². The van der Waals surface area contributed by atoms with Crippen LogP contribution < -0.4 is 4.90 Å². The van der Waals surface area contributed by atoms with Gasteiger partial charge in [-0.05, 0) is 44.2 Å². The molecule has 0 bridgehead atoms. The molecule has 2 aromatic carbocycles. The third kappa shape index (κ3) is 2.67. The van der Waals surface area contributed by atoms with Gasteiger partial charge in [0.05, 0.1) is 11.1 Å². The first-order valence-corrected chi connectivity index (χ1v) is 9.61. The molecule has 1 amide bonds. The van der Waals surface area contributed by atoms with Gasteiger partial charge in [-0.25, -0.2) is 0 Å². The van der Waals surface area contributed by atoms with Crippen LogP contribution in [0, 0.1) is 6.92 Å². The summed E-state index contributed by atoms with van der Waals surface area (Å²) < 4.78 is 5.58.